The standard InChI is InChI=1S/C19H32N2O.C3H9N.C3H8.C2H6O/c1-6-8-9-11-18(15(3)4)16(5)21-13-17(14-21)12-20-19(22)10-7-2;1-3-4-2;2*1-3-2/h8-9,11,16-17H,3,6-7,10,12-14H2,1-2,4-5H3,(H,20,22);4H,3H2,1-2H3;3H2,1-2H3;1-2H3/b9-8-,18-11+;;;. The fraction of sp³-hybridized carbons (Fsp3) is 0.741. The fourth-order valence-electron chi connectivity index (χ4n) is 2.77. The SMILES string of the molecule is C=C(C)/C(=C\C=C/CC)C(C)N1CC(CNC(=O)CCC)C1.CCC.CCNC.COC. The third-order valence-corrected chi connectivity index (χ3v) is 4.54. The van der Waals surface area contributed by atoms with E-state index in [0.29, 0.717) is 18.4 Å². The second-order valence-corrected chi connectivity index (χ2v) is 8.11. The van der Waals surface area contributed by atoms with E-state index in [4.69, 9.17) is 0 Å². The molecule has 1 aliphatic heterocycles. The first-order valence-corrected chi connectivity index (χ1v) is 12.3. The Morgan fingerprint density at radius 1 is 1.19 bits per heavy atom. The van der Waals surface area contributed by atoms with E-state index in [1.807, 2.05) is 14.0 Å². The minimum Gasteiger partial charge on any atom is -0.388 e. The molecule has 1 atom stereocenters. The molecule has 0 saturated carbocycles. The van der Waals surface area contributed by atoms with Crippen LogP contribution in [0.1, 0.15) is 74.1 Å². The van der Waals surface area contributed by atoms with Crippen molar-refractivity contribution in [2.24, 2.45) is 5.92 Å². The van der Waals surface area contributed by atoms with Crippen LogP contribution < -0.4 is 10.6 Å². The van der Waals surface area contributed by atoms with Crippen molar-refractivity contribution < 1.29 is 9.53 Å². The van der Waals surface area contributed by atoms with Crippen molar-refractivity contribution in [2.45, 2.75) is 80.2 Å². The molecule has 0 aromatic rings. The van der Waals surface area contributed by atoms with Crippen molar-refractivity contribution in [1.82, 2.24) is 15.5 Å². The zero-order valence-corrected chi connectivity index (χ0v) is 23.0. The summed E-state index contributed by atoms with van der Waals surface area (Å²) in [5, 5.41) is 5.96. The Labute approximate surface area is 200 Å². The van der Waals surface area contributed by atoms with Gasteiger partial charge in [0.1, 0.15) is 0 Å². The van der Waals surface area contributed by atoms with Crippen LogP contribution in [0.2, 0.25) is 0 Å². The van der Waals surface area contributed by atoms with Gasteiger partial charge in [0.25, 0.3) is 0 Å². The highest BCUT2D eigenvalue weighted by Gasteiger charge is 2.31. The van der Waals surface area contributed by atoms with Gasteiger partial charge in [0.2, 0.25) is 5.91 Å². The lowest BCUT2D eigenvalue weighted by Crippen LogP contribution is -2.55. The first kappa shape index (κ1) is 35.2. The highest BCUT2D eigenvalue weighted by molar-refractivity contribution is 5.75. The first-order chi connectivity index (χ1) is 15.2. The lowest BCUT2D eigenvalue weighted by molar-refractivity contribution is -0.121. The molecule has 5 heteroatoms. The van der Waals surface area contributed by atoms with Crippen LogP contribution in [0.3, 0.4) is 0 Å². The number of carbonyl (C=O) groups excluding carboxylic acids is 1. The number of amides is 1. The highest BCUT2D eigenvalue weighted by Crippen LogP contribution is 2.25. The Hall–Kier alpha value is -1.43. The predicted molar refractivity (Wildman–Crippen MR) is 143 cm³/mol. The van der Waals surface area contributed by atoms with Gasteiger partial charge in [0.05, 0.1) is 0 Å². The number of ether oxygens (including phenoxy) is 1. The summed E-state index contributed by atoms with van der Waals surface area (Å²) in [7, 11) is 5.18. The van der Waals surface area contributed by atoms with E-state index in [-0.39, 0.29) is 5.91 Å². The molecule has 0 bridgehead atoms. The molecule has 0 radical (unpaired) electrons. The van der Waals surface area contributed by atoms with Crippen LogP contribution in [0.5, 0.6) is 0 Å². The summed E-state index contributed by atoms with van der Waals surface area (Å²) in [5.74, 6) is 0.766. The molecule has 1 rings (SSSR count). The van der Waals surface area contributed by atoms with Gasteiger partial charge in [0.15, 0.2) is 0 Å². The summed E-state index contributed by atoms with van der Waals surface area (Å²) in [4.78, 5) is 13.9. The minimum absolute atomic E-state index is 0.182. The number of nitrogens with one attached hydrogen (secondary N) is 2. The maximum atomic E-state index is 11.5. The summed E-state index contributed by atoms with van der Waals surface area (Å²) < 4.78 is 4.25. The largest absolute Gasteiger partial charge is 0.388 e. The molecule has 190 valence electrons. The van der Waals surface area contributed by atoms with Crippen LogP contribution >= 0.6 is 0 Å². The van der Waals surface area contributed by atoms with Crippen LogP contribution in [-0.2, 0) is 9.53 Å². The van der Waals surface area contributed by atoms with Crippen LogP contribution in [0.4, 0.5) is 0 Å². The van der Waals surface area contributed by atoms with Gasteiger partial charge in [0, 0.05) is 52.2 Å². The van der Waals surface area contributed by atoms with Crippen LogP contribution in [0.15, 0.2) is 36.0 Å². The first-order valence-electron chi connectivity index (χ1n) is 12.3. The Kier molecular flexibility index (Phi) is 28.4. The summed E-state index contributed by atoms with van der Waals surface area (Å²) >= 11 is 0. The number of likely N-dealkylation sites (tertiary alicyclic amines) is 1. The van der Waals surface area contributed by atoms with E-state index in [1.54, 1.807) is 14.2 Å². The molecule has 1 saturated heterocycles. The Balaban J connectivity index is -0.000000709. The summed E-state index contributed by atoms with van der Waals surface area (Å²) in [6, 6.07) is 0.390. The average molecular weight is 454 g/mol. The number of carbonyl (C=O) groups is 1. The smallest absolute Gasteiger partial charge is 0.219 e. The van der Waals surface area contributed by atoms with E-state index < -0.39 is 0 Å². The van der Waals surface area contributed by atoms with Gasteiger partial charge in [-0.05, 0) is 45.9 Å². The van der Waals surface area contributed by atoms with Gasteiger partial charge in [-0.1, -0.05) is 71.4 Å². The normalized spacial score (nSPS) is 14.6. The summed E-state index contributed by atoms with van der Waals surface area (Å²) in [5.41, 5.74) is 2.44. The van der Waals surface area contributed by atoms with Crippen LogP contribution in [0.25, 0.3) is 0 Å². The minimum atomic E-state index is 0.182. The fourth-order valence-corrected chi connectivity index (χ4v) is 2.77. The molecular formula is C27H55N3O2. The molecular weight excluding hydrogens is 398 g/mol. The summed E-state index contributed by atoms with van der Waals surface area (Å²) in [6.45, 7) is 22.9. The number of methoxy groups -OCH3 is 1. The van der Waals surface area contributed by atoms with Crippen LogP contribution in [-0.4, -0.2) is 64.3 Å². The van der Waals surface area contributed by atoms with Crippen molar-refractivity contribution in [3.63, 3.8) is 0 Å². The van der Waals surface area contributed by atoms with Gasteiger partial charge >= 0.3 is 0 Å². The van der Waals surface area contributed by atoms with Crippen molar-refractivity contribution in [1.29, 1.82) is 0 Å². The van der Waals surface area contributed by atoms with Gasteiger partial charge < -0.3 is 15.4 Å². The van der Waals surface area contributed by atoms with E-state index in [2.05, 4.69) is 86.6 Å². The van der Waals surface area contributed by atoms with Crippen molar-refractivity contribution in [2.75, 3.05) is 47.4 Å². The summed E-state index contributed by atoms with van der Waals surface area (Å²) in [6.07, 6.45) is 10.3. The molecule has 1 fully saturated rings. The zero-order valence-electron chi connectivity index (χ0n) is 23.0. The number of rotatable bonds is 10. The van der Waals surface area contributed by atoms with Gasteiger partial charge in [-0.15, -0.1) is 0 Å². The number of hydrogen-bond donors (Lipinski definition) is 2. The Morgan fingerprint density at radius 2 is 1.69 bits per heavy atom. The van der Waals surface area contributed by atoms with E-state index in [9.17, 15) is 4.79 Å². The molecule has 0 aliphatic carbocycles. The van der Waals surface area contributed by atoms with Gasteiger partial charge in [-0.25, -0.2) is 0 Å². The third kappa shape index (κ3) is 20.5. The predicted octanol–water partition coefficient (Wildman–Crippen LogP) is 5.60. The second kappa shape index (κ2) is 25.8. The van der Waals surface area contributed by atoms with E-state index >= 15 is 0 Å². The van der Waals surface area contributed by atoms with Gasteiger partial charge in [-0.3, -0.25) is 9.69 Å². The Bertz CT molecular complexity index is 491. The topological polar surface area (TPSA) is 53.6 Å². The molecule has 1 unspecified atom stereocenters. The number of hydrogen-bond acceptors (Lipinski definition) is 4. The molecule has 1 heterocycles. The number of allylic oxidation sites excluding steroid dienone is 3. The van der Waals surface area contributed by atoms with Crippen molar-refractivity contribution in [3.05, 3.63) is 36.0 Å². The monoisotopic (exact) mass is 453 g/mol. The molecule has 0 aromatic heterocycles. The molecule has 1 amide bonds. The maximum absolute atomic E-state index is 11.5. The maximum Gasteiger partial charge on any atom is 0.219 e. The number of nitrogens with zero attached hydrogens (tertiary/aromatic N) is 1. The average Bonchev–Trinajstić information content (AvgIpc) is 2.71. The Morgan fingerprint density at radius 3 is 2.06 bits per heavy atom. The highest BCUT2D eigenvalue weighted by atomic mass is 16.4. The lowest BCUT2D eigenvalue weighted by Gasteiger charge is -2.44. The van der Waals surface area contributed by atoms with Crippen molar-refractivity contribution >= 4 is 5.91 Å². The van der Waals surface area contributed by atoms with E-state index in [0.717, 1.165) is 44.6 Å². The van der Waals surface area contributed by atoms with E-state index in [1.165, 1.54) is 12.0 Å². The molecule has 0 spiro atoms. The van der Waals surface area contributed by atoms with Gasteiger partial charge in [-0.2, -0.15) is 0 Å². The molecule has 2 N–H and O–H groups in total. The molecule has 0 aromatic carbocycles. The quantitative estimate of drug-likeness (QED) is 0.423. The van der Waals surface area contributed by atoms with Crippen molar-refractivity contribution in [3.8, 4) is 0 Å². The van der Waals surface area contributed by atoms with Crippen LogP contribution in [0, 0.1) is 5.92 Å². The zero-order chi connectivity index (χ0) is 25.4. The molecule has 32 heavy (non-hydrogen) atoms. The second-order valence-electron chi connectivity index (χ2n) is 8.11. The molecule has 1 aliphatic rings. The third-order valence-electron chi connectivity index (χ3n) is 4.54. The lowest BCUT2D eigenvalue weighted by atomic mass is 9.92. The molecule has 5 nitrogen and oxygen atoms in total.